The van der Waals surface area contributed by atoms with Gasteiger partial charge >= 0.3 is 0 Å². The van der Waals surface area contributed by atoms with E-state index in [1.165, 1.54) is 0 Å². The first-order valence-electron chi connectivity index (χ1n) is 7.23. The molecule has 0 fully saturated rings. The first-order chi connectivity index (χ1) is 11.7. The molecule has 0 bridgehead atoms. The Kier molecular flexibility index (Phi) is 4.73. The van der Waals surface area contributed by atoms with E-state index in [9.17, 15) is 10.1 Å². The molecule has 1 heterocycles. The van der Waals surface area contributed by atoms with Crippen LogP contribution in [0.3, 0.4) is 0 Å². The Morgan fingerprint density at radius 3 is 2.83 bits per heavy atom. The van der Waals surface area contributed by atoms with Crippen molar-refractivity contribution in [3.05, 3.63) is 70.3 Å². The molecule has 2 N–H and O–H groups in total. The normalized spacial score (nSPS) is 12.2. The molecule has 6 heteroatoms. The summed E-state index contributed by atoms with van der Waals surface area (Å²) in [5.74, 6) is -1.35. The first-order valence-corrected chi connectivity index (χ1v) is 8.02. The molecule has 0 aliphatic heterocycles. The molecular weight excluding hydrogens is 368 g/mol. The number of hydrogen-bond acceptors (Lipinski definition) is 3. The van der Waals surface area contributed by atoms with Crippen LogP contribution >= 0.6 is 15.9 Å². The highest BCUT2D eigenvalue weighted by atomic mass is 79.9. The fraction of sp³-hybridized carbons (Fsp3) is 0.0556. The number of carbonyl (C=O) groups is 1. The summed E-state index contributed by atoms with van der Waals surface area (Å²) in [6, 6.07) is 16.8. The van der Waals surface area contributed by atoms with Gasteiger partial charge in [0.05, 0.1) is 12.3 Å². The van der Waals surface area contributed by atoms with Crippen molar-refractivity contribution in [2.75, 3.05) is 0 Å². The molecule has 0 saturated heterocycles. The topological polar surface area (TPSA) is 81.0 Å². The Labute approximate surface area is 147 Å². The van der Waals surface area contributed by atoms with Crippen LogP contribution in [0.15, 0.2) is 64.3 Å². The van der Waals surface area contributed by atoms with Gasteiger partial charge in [-0.25, -0.2) is 5.43 Å². The number of aromatic nitrogens is 1. The average molecular weight is 381 g/mol. The molecule has 0 spiro atoms. The molecule has 2 aromatic carbocycles. The number of hydrazone groups is 1. The van der Waals surface area contributed by atoms with E-state index in [0.29, 0.717) is 5.56 Å². The third-order valence-corrected chi connectivity index (χ3v) is 4.07. The number of carbonyl (C=O) groups excluding carboxylic acids is 1. The average Bonchev–Trinajstić information content (AvgIpc) is 2.99. The molecule has 118 valence electrons. The zero-order valence-electron chi connectivity index (χ0n) is 12.5. The summed E-state index contributed by atoms with van der Waals surface area (Å²) >= 11 is 3.43. The number of hydrogen-bond donors (Lipinski definition) is 2. The largest absolute Gasteiger partial charge is 0.361 e. The molecule has 1 amide bonds. The van der Waals surface area contributed by atoms with E-state index in [1.807, 2.05) is 36.5 Å². The summed E-state index contributed by atoms with van der Waals surface area (Å²) in [7, 11) is 0. The van der Waals surface area contributed by atoms with Gasteiger partial charge in [-0.1, -0.05) is 46.3 Å². The van der Waals surface area contributed by atoms with Crippen molar-refractivity contribution in [2.45, 2.75) is 5.92 Å². The number of aromatic amines is 1. The standard InChI is InChI=1S/C18H13BrN4O/c19-14-6-7-17-15(8-14)13(10-21-17)11-22-23-18(24)16(9-20)12-4-2-1-3-5-12/h1-8,10-11,16,21H,(H,23,24)/b22-11-/t16-/m0/s1. The fourth-order valence-corrected chi connectivity index (χ4v) is 2.74. The van der Waals surface area contributed by atoms with Gasteiger partial charge in [-0.15, -0.1) is 0 Å². The number of fused-ring (bicyclic) bond motifs is 1. The van der Waals surface area contributed by atoms with Crippen LogP contribution < -0.4 is 5.43 Å². The summed E-state index contributed by atoms with van der Waals surface area (Å²) in [6.07, 6.45) is 3.37. The zero-order valence-corrected chi connectivity index (χ0v) is 14.1. The summed E-state index contributed by atoms with van der Waals surface area (Å²) in [6.45, 7) is 0. The van der Waals surface area contributed by atoms with Crippen LogP contribution in [0, 0.1) is 11.3 Å². The molecule has 0 unspecified atom stereocenters. The minimum atomic E-state index is -0.888. The highest BCUT2D eigenvalue weighted by molar-refractivity contribution is 9.10. The second-order valence-corrected chi connectivity index (χ2v) is 6.06. The molecule has 0 aliphatic carbocycles. The molecule has 0 saturated carbocycles. The van der Waals surface area contributed by atoms with Gasteiger partial charge in [0, 0.05) is 27.1 Å². The number of rotatable bonds is 4. The predicted octanol–water partition coefficient (Wildman–Crippen LogP) is 3.69. The smallest absolute Gasteiger partial charge is 0.261 e. The highest BCUT2D eigenvalue weighted by Crippen LogP contribution is 2.21. The quantitative estimate of drug-likeness (QED) is 0.534. The zero-order chi connectivity index (χ0) is 16.9. The summed E-state index contributed by atoms with van der Waals surface area (Å²) in [4.78, 5) is 15.3. The van der Waals surface area contributed by atoms with Crippen molar-refractivity contribution < 1.29 is 4.79 Å². The minimum absolute atomic E-state index is 0.457. The van der Waals surface area contributed by atoms with Crippen LogP contribution in [0.5, 0.6) is 0 Å². The second kappa shape index (κ2) is 7.11. The third-order valence-electron chi connectivity index (χ3n) is 3.58. The number of nitriles is 1. The van der Waals surface area contributed by atoms with Gasteiger partial charge in [0.25, 0.3) is 5.91 Å². The number of nitrogens with one attached hydrogen (secondary N) is 2. The van der Waals surface area contributed by atoms with Crippen LogP contribution in [0.25, 0.3) is 10.9 Å². The maximum atomic E-state index is 12.2. The van der Waals surface area contributed by atoms with Crippen LogP contribution in [-0.2, 0) is 4.79 Å². The number of amides is 1. The van der Waals surface area contributed by atoms with E-state index in [1.54, 1.807) is 30.5 Å². The van der Waals surface area contributed by atoms with Crippen molar-refractivity contribution in [3.63, 3.8) is 0 Å². The minimum Gasteiger partial charge on any atom is -0.361 e. The van der Waals surface area contributed by atoms with Gasteiger partial charge in [-0.2, -0.15) is 10.4 Å². The van der Waals surface area contributed by atoms with E-state index in [4.69, 9.17) is 0 Å². The molecule has 1 atom stereocenters. The molecule has 3 aromatic rings. The van der Waals surface area contributed by atoms with Crippen LogP contribution in [0.2, 0.25) is 0 Å². The van der Waals surface area contributed by atoms with Gasteiger partial charge in [0.15, 0.2) is 5.92 Å². The van der Waals surface area contributed by atoms with E-state index < -0.39 is 11.8 Å². The number of H-pyrrole nitrogens is 1. The van der Waals surface area contributed by atoms with Gasteiger partial charge < -0.3 is 4.98 Å². The Hall–Kier alpha value is -2.91. The molecule has 0 radical (unpaired) electrons. The maximum Gasteiger partial charge on any atom is 0.261 e. The third kappa shape index (κ3) is 3.36. The lowest BCUT2D eigenvalue weighted by Crippen LogP contribution is -2.24. The number of nitrogens with zero attached hydrogens (tertiary/aromatic N) is 2. The van der Waals surface area contributed by atoms with Crippen molar-refractivity contribution in [3.8, 4) is 6.07 Å². The van der Waals surface area contributed by atoms with Crippen molar-refractivity contribution >= 4 is 39.0 Å². The van der Waals surface area contributed by atoms with E-state index >= 15 is 0 Å². The maximum absolute atomic E-state index is 12.2. The fourth-order valence-electron chi connectivity index (χ4n) is 2.38. The van der Waals surface area contributed by atoms with Gasteiger partial charge in [0.2, 0.25) is 0 Å². The van der Waals surface area contributed by atoms with Crippen molar-refractivity contribution in [1.82, 2.24) is 10.4 Å². The van der Waals surface area contributed by atoms with Crippen molar-refractivity contribution in [1.29, 1.82) is 5.26 Å². The van der Waals surface area contributed by atoms with E-state index in [2.05, 4.69) is 31.4 Å². The summed E-state index contributed by atoms with van der Waals surface area (Å²) in [5, 5.41) is 14.2. The lowest BCUT2D eigenvalue weighted by Gasteiger charge is -2.06. The van der Waals surface area contributed by atoms with E-state index in [0.717, 1.165) is 20.9 Å². The summed E-state index contributed by atoms with van der Waals surface area (Å²) in [5.41, 5.74) is 4.90. The monoisotopic (exact) mass is 380 g/mol. The summed E-state index contributed by atoms with van der Waals surface area (Å²) < 4.78 is 0.960. The molecule has 0 aliphatic rings. The molecule has 5 nitrogen and oxygen atoms in total. The van der Waals surface area contributed by atoms with Crippen LogP contribution in [0.4, 0.5) is 0 Å². The van der Waals surface area contributed by atoms with Gasteiger partial charge in [-0.05, 0) is 23.8 Å². The van der Waals surface area contributed by atoms with E-state index in [-0.39, 0.29) is 0 Å². The molecule has 3 rings (SSSR count). The lowest BCUT2D eigenvalue weighted by atomic mass is 10.0. The Morgan fingerprint density at radius 2 is 2.08 bits per heavy atom. The Bertz CT molecular complexity index is 941. The Morgan fingerprint density at radius 1 is 1.29 bits per heavy atom. The highest BCUT2D eigenvalue weighted by Gasteiger charge is 2.19. The molecular formula is C18H13BrN4O. The van der Waals surface area contributed by atoms with Crippen LogP contribution in [0.1, 0.15) is 17.0 Å². The molecule has 1 aromatic heterocycles. The predicted molar refractivity (Wildman–Crippen MR) is 96.5 cm³/mol. The van der Waals surface area contributed by atoms with Gasteiger partial charge in [0.1, 0.15) is 0 Å². The Balaban J connectivity index is 1.74. The van der Waals surface area contributed by atoms with Crippen LogP contribution in [-0.4, -0.2) is 17.1 Å². The number of benzene rings is 2. The first kappa shape index (κ1) is 16.0. The van der Waals surface area contributed by atoms with Crippen molar-refractivity contribution in [2.24, 2.45) is 5.10 Å². The van der Waals surface area contributed by atoms with Gasteiger partial charge in [-0.3, -0.25) is 4.79 Å². The second-order valence-electron chi connectivity index (χ2n) is 5.14. The molecule has 24 heavy (non-hydrogen) atoms. The SMILES string of the molecule is N#C[C@H](C(=O)N/N=C\c1c[nH]c2ccc(Br)cc12)c1ccccc1. The number of halogens is 1. The lowest BCUT2D eigenvalue weighted by molar-refractivity contribution is -0.121.